The highest BCUT2D eigenvalue weighted by atomic mass is 16.5. The molecule has 2 rings (SSSR count). The second-order valence-corrected chi connectivity index (χ2v) is 4.47. The molecule has 0 spiro atoms. The molecule has 0 amide bonds. The Morgan fingerprint density at radius 2 is 2.38 bits per heavy atom. The minimum atomic E-state index is 0.501. The standard InChI is InChI=1S/C12H21N3O/c1-3-16-12-6-11(7-12)13-5-4-10-8-14-15(2)9-10/h8-9,11-13H,3-7H2,1-2H3. The zero-order chi connectivity index (χ0) is 11.4. The van der Waals surface area contributed by atoms with Crippen LogP contribution in [0, 0.1) is 0 Å². The fourth-order valence-corrected chi connectivity index (χ4v) is 2.13. The fourth-order valence-electron chi connectivity index (χ4n) is 2.13. The molecule has 1 fully saturated rings. The maximum Gasteiger partial charge on any atom is 0.0604 e. The molecule has 0 aliphatic heterocycles. The van der Waals surface area contributed by atoms with Crippen LogP contribution in [-0.4, -0.2) is 35.1 Å². The van der Waals surface area contributed by atoms with E-state index in [0.29, 0.717) is 12.1 Å². The molecule has 4 nitrogen and oxygen atoms in total. The quantitative estimate of drug-likeness (QED) is 0.785. The van der Waals surface area contributed by atoms with Gasteiger partial charge in [0.25, 0.3) is 0 Å². The summed E-state index contributed by atoms with van der Waals surface area (Å²) in [5.74, 6) is 0. The van der Waals surface area contributed by atoms with Gasteiger partial charge in [-0.1, -0.05) is 0 Å². The van der Waals surface area contributed by atoms with Crippen molar-refractivity contribution in [3.63, 3.8) is 0 Å². The predicted octanol–water partition coefficient (Wildman–Crippen LogP) is 1.12. The number of nitrogens with one attached hydrogen (secondary N) is 1. The van der Waals surface area contributed by atoms with Crippen LogP contribution in [0.5, 0.6) is 0 Å². The molecule has 4 heteroatoms. The van der Waals surface area contributed by atoms with Crippen molar-refractivity contribution in [3.05, 3.63) is 18.0 Å². The summed E-state index contributed by atoms with van der Waals surface area (Å²) in [5.41, 5.74) is 1.30. The first kappa shape index (κ1) is 11.6. The Kier molecular flexibility index (Phi) is 3.96. The van der Waals surface area contributed by atoms with Crippen molar-refractivity contribution in [2.75, 3.05) is 13.2 Å². The van der Waals surface area contributed by atoms with Crippen LogP contribution in [0.15, 0.2) is 12.4 Å². The number of hydrogen-bond donors (Lipinski definition) is 1. The highest BCUT2D eigenvalue weighted by Gasteiger charge is 2.28. The molecule has 1 aliphatic carbocycles. The minimum Gasteiger partial charge on any atom is -0.378 e. The third-order valence-electron chi connectivity index (χ3n) is 3.10. The van der Waals surface area contributed by atoms with Gasteiger partial charge in [0.15, 0.2) is 0 Å². The number of rotatable bonds is 6. The highest BCUT2D eigenvalue weighted by Crippen LogP contribution is 2.22. The number of aromatic nitrogens is 2. The molecule has 0 unspecified atom stereocenters. The molecule has 0 bridgehead atoms. The Morgan fingerprint density at radius 3 is 3.00 bits per heavy atom. The predicted molar refractivity (Wildman–Crippen MR) is 63.4 cm³/mol. The van der Waals surface area contributed by atoms with E-state index in [2.05, 4.69) is 23.5 Å². The lowest BCUT2D eigenvalue weighted by atomic mass is 9.89. The molecule has 0 aromatic carbocycles. The van der Waals surface area contributed by atoms with Crippen LogP contribution in [0.2, 0.25) is 0 Å². The van der Waals surface area contributed by atoms with E-state index in [1.165, 1.54) is 18.4 Å². The Morgan fingerprint density at radius 1 is 1.56 bits per heavy atom. The smallest absolute Gasteiger partial charge is 0.0604 e. The van der Waals surface area contributed by atoms with Gasteiger partial charge in [0, 0.05) is 25.9 Å². The van der Waals surface area contributed by atoms with Gasteiger partial charge in [-0.2, -0.15) is 5.10 Å². The third kappa shape index (κ3) is 3.06. The van der Waals surface area contributed by atoms with E-state index in [4.69, 9.17) is 4.74 Å². The topological polar surface area (TPSA) is 39.1 Å². The summed E-state index contributed by atoms with van der Waals surface area (Å²) in [7, 11) is 1.95. The normalized spacial score (nSPS) is 24.4. The average Bonchev–Trinajstić information content (AvgIpc) is 2.60. The molecule has 90 valence electrons. The lowest BCUT2D eigenvalue weighted by molar-refractivity contribution is -0.00960. The summed E-state index contributed by atoms with van der Waals surface area (Å²) in [5, 5.41) is 7.70. The lowest BCUT2D eigenvalue weighted by Crippen LogP contribution is -2.46. The molecule has 1 N–H and O–H groups in total. The molecule has 1 saturated carbocycles. The van der Waals surface area contributed by atoms with Gasteiger partial charge in [0.1, 0.15) is 0 Å². The van der Waals surface area contributed by atoms with E-state index in [0.717, 1.165) is 19.6 Å². The van der Waals surface area contributed by atoms with Gasteiger partial charge in [-0.3, -0.25) is 4.68 Å². The first-order chi connectivity index (χ1) is 7.78. The molecular weight excluding hydrogens is 202 g/mol. The maximum atomic E-state index is 5.52. The Labute approximate surface area is 97.0 Å². The van der Waals surface area contributed by atoms with Crippen molar-refractivity contribution >= 4 is 0 Å². The SMILES string of the molecule is CCOC1CC(NCCc2cnn(C)c2)C1. The van der Waals surface area contributed by atoms with Gasteiger partial charge >= 0.3 is 0 Å². The lowest BCUT2D eigenvalue weighted by Gasteiger charge is -2.35. The van der Waals surface area contributed by atoms with E-state index in [-0.39, 0.29) is 0 Å². The van der Waals surface area contributed by atoms with Crippen LogP contribution < -0.4 is 5.32 Å². The monoisotopic (exact) mass is 223 g/mol. The summed E-state index contributed by atoms with van der Waals surface area (Å²) in [6, 6.07) is 0.660. The van der Waals surface area contributed by atoms with E-state index in [1.807, 2.05) is 17.9 Å². The first-order valence-corrected chi connectivity index (χ1v) is 6.10. The number of hydrogen-bond acceptors (Lipinski definition) is 3. The van der Waals surface area contributed by atoms with Gasteiger partial charge in [-0.15, -0.1) is 0 Å². The summed E-state index contributed by atoms with van der Waals surface area (Å²) in [6.07, 6.45) is 7.91. The second kappa shape index (κ2) is 5.46. The van der Waals surface area contributed by atoms with Crippen molar-refractivity contribution in [2.45, 2.75) is 38.3 Å². The summed E-state index contributed by atoms with van der Waals surface area (Å²) < 4.78 is 7.37. The molecule has 1 heterocycles. The van der Waals surface area contributed by atoms with Crippen molar-refractivity contribution in [1.82, 2.24) is 15.1 Å². The maximum absolute atomic E-state index is 5.52. The highest BCUT2D eigenvalue weighted by molar-refractivity contribution is 5.04. The van der Waals surface area contributed by atoms with Crippen molar-refractivity contribution in [3.8, 4) is 0 Å². The van der Waals surface area contributed by atoms with Gasteiger partial charge < -0.3 is 10.1 Å². The largest absolute Gasteiger partial charge is 0.378 e. The summed E-state index contributed by atoms with van der Waals surface area (Å²) in [4.78, 5) is 0. The zero-order valence-electron chi connectivity index (χ0n) is 10.1. The summed E-state index contributed by atoms with van der Waals surface area (Å²) >= 11 is 0. The second-order valence-electron chi connectivity index (χ2n) is 4.47. The molecule has 16 heavy (non-hydrogen) atoms. The van der Waals surface area contributed by atoms with Crippen LogP contribution in [-0.2, 0) is 18.2 Å². The number of aryl methyl sites for hydroxylation is 1. The number of nitrogens with zero attached hydrogens (tertiary/aromatic N) is 2. The Balaban J connectivity index is 1.56. The van der Waals surface area contributed by atoms with Gasteiger partial charge in [0.2, 0.25) is 0 Å². The average molecular weight is 223 g/mol. The molecule has 1 aromatic heterocycles. The van der Waals surface area contributed by atoms with E-state index in [9.17, 15) is 0 Å². The van der Waals surface area contributed by atoms with Crippen LogP contribution in [0.25, 0.3) is 0 Å². The van der Waals surface area contributed by atoms with E-state index < -0.39 is 0 Å². The molecule has 0 atom stereocenters. The van der Waals surface area contributed by atoms with E-state index in [1.54, 1.807) is 0 Å². The van der Waals surface area contributed by atoms with Crippen molar-refractivity contribution in [1.29, 1.82) is 0 Å². The van der Waals surface area contributed by atoms with Crippen molar-refractivity contribution in [2.24, 2.45) is 7.05 Å². The van der Waals surface area contributed by atoms with Gasteiger partial charge in [-0.25, -0.2) is 0 Å². The van der Waals surface area contributed by atoms with Crippen LogP contribution >= 0.6 is 0 Å². The molecule has 0 saturated heterocycles. The van der Waals surface area contributed by atoms with Gasteiger partial charge in [-0.05, 0) is 38.3 Å². The van der Waals surface area contributed by atoms with Gasteiger partial charge in [0.05, 0.1) is 12.3 Å². The van der Waals surface area contributed by atoms with E-state index >= 15 is 0 Å². The molecular formula is C12H21N3O. The fraction of sp³-hybridized carbons (Fsp3) is 0.750. The number of ether oxygens (including phenoxy) is 1. The zero-order valence-corrected chi connectivity index (χ0v) is 10.1. The Bertz CT molecular complexity index is 318. The van der Waals surface area contributed by atoms with Crippen LogP contribution in [0.4, 0.5) is 0 Å². The molecule has 1 aliphatic rings. The summed E-state index contributed by atoms with van der Waals surface area (Å²) in [6.45, 7) is 3.94. The Hall–Kier alpha value is -0.870. The first-order valence-electron chi connectivity index (χ1n) is 6.10. The molecule has 0 radical (unpaired) electrons. The van der Waals surface area contributed by atoms with Crippen LogP contribution in [0.1, 0.15) is 25.3 Å². The third-order valence-corrected chi connectivity index (χ3v) is 3.10. The molecule has 1 aromatic rings. The minimum absolute atomic E-state index is 0.501. The van der Waals surface area contributed by atoms with Crippen LogP contribution in [0.3, 0.4) is 0 Å². The van der Waals surface area contributed by atoms with Crippen molar-refractivity contribution < 1.29 is 4.74 Å².